The summed E-state index contributed by atoms with van der Waals surface area (Å²) >= 11 is 3.60. The monoisotopic (exact) mass is 350 g/mol. The normalized spacial score (nSPS) is 15.2. The van der Waals surface area contributed by atoms with E-state index in [1.54, 1.807) is 0 Å². The molecule has 5 nitrogen and oxygen atoms in total. The number of rotatable bonds is 3. The molecule has 1 saturated heterocycles. The Balaban J connectivity index is 1.87. The van der Waals surface area contributed by atoms with Crippen molar-refractivity contribution in [1.82, 2.24) is 5.16 Å². The molecule has 0 aliphatic carbocycles. The molecule has 6 heteroatoms. The van der Waals surface area contributed by atoms with Gasteiger partial charge in [0.15, 0.2) is 11.5 Å². The molecule has 0 radical (unpaired) electrons. The van der Waals surface area contributed by atoms with E-state index in [4.69, 9.17) is 9.63 Å². The Morgan fingerprint density at radius 1 is 1.24 bits per heavy atom. The molecule has 1 fully saturated rings. The van der Waals surface area contributed by atoms with Crippen LogP contribution in [-0.2, 0) is 0 Å². The molecular weight excluding hydrogens is 336 g/mol. The van der Waals surface area contributed by atoms with Crippen molar-refractivity contribution in [1.29, 1.82) is 0 Å². The van der Waals surface area contributed by atoms with Crippen molar-refractivity contribution < 1.29 is 14.4 Å². The predicted molar refractivity (Wildman–Crippen MR) is 82.7 cm³/mol. The number of halogens is 1. The molecule has 1 aromatic heterocycles. The van der Waals surface area contributed by atoms with Gasteiger partial charge in [-0.25, -0.2) is 4.79 Å². The lowest BCUT2D eigenvalue weighted by Gasteiger charge is -2.29. The van der Waals surface area contributed by atoms with Gasteiger partial charge in [0.2, 0.25) is 0 Å². The number of aromatic nitrogens is 1. The van der Waals surface area contributed by atoms with Crippen LogP contribution in [0.2, 0.25) is 0 Å². The molecule has 2 heterocycles. The molecule has 0 bridgehead atoms. The van der Waals surface area contributed by atoms with E-state index in [0.29, 0.717) is 5.76 Å². The fourth-order valence-electron chi connectivity index (χ4n) is 2.56. The lowest BCUT2D eigenvalue weighted by molar-refractivity contribution is 0.0686. The first-order valence-corrected chi connectivity index (χ1v) is 7.69. The molecule has 21 heavy (non-hydrogen) atoms. The summed E-state index contributed by atoms with van der Waals surface area (Å²) in [5.41, 5.74) is 1.89. The topological polar surface area (TPSA) is 66.6 Å². The van der Waals surface area contributed by atoms with Crippen LogP contribution in [0.25, 0.3) is 11.3 Å². The van der Waals surface area contributed by atoms with Crippen molar-refractivity contribution in [2.24, 2.45) is 0 Å². The number of carboxylic acid groups (broad SMARTS) is 1. The van der Waals surface area contributed by atoms with Gasteiger partial charge in [-0.05, 0) is 53.4 Å². The molecule has 0 amide bonds. The summed E-state index contributed by atoms with van der Waals surface area (Å²) in [4.78, 5) is 13.2. The molecule has 0 unspecified atom stereocenters. The standard InChI is InChI=1S/C15H15BrN2O3/c16-11-8-10(14-9-12(15(19)20)17-21-14)4-5-13(11)18-6-2-1-3-7-18/h4-5,8-9H,1-3,6-7H2,(H,19,20). The van der Waals surface area contributed by atoms with E-state index >= 15 is 0 Å². The summed E-state index contributed by atoms with van der Waals surface area (Å²) in [5.74, 6) is -0.632. The van der Waals surface area contributed by atoms with Crippen molar-refractivity contribution in [3.63, 3.8) is 0 Å². The zero-order valence-corrected chi connectivity index (χ0v) is 13.0. The van der Waals surface area contributed by atoms with Gasteiger partial charge in [0.05, 0.1) is 5.69 Å². The maximum Gasteiger partial charge on any atom is 0.358 e. The van der Waals surface area contributed by atoms with Gasteiger partial charge in [0.25, 0.3) is 0 Å². The molecule has 0 atom stereocenters. The molecule has 0 saturated carbocycles. The Hall–Kier alpha value is -1.82. The van der Waals surface area contributed by atoms with Gasteiger partial charge >= 0.3 is 5.97 Å². The van der Waals surface area contributed by atoms with Crippen LogP contribution in [0.4, 0.5) is 5.69 Å². The quantitative estimate of drug-likeness (QED) is 0.911. The van der Waals surface area contributed by atoms with Crippen LogP contribution in [0, 0.1) is 0 Å². The van der Waals surface area contributed by atoms with Crippen LogP contribution in [0.15, 0.2) is 33.3 Å². The lowest BCUT2D eigenvalue weighted by atomic mass is 10.1. The zero-order chi connectivity index (χ0) is 14.8. The number of benzene rings is 1. The first kappa shape index (κ1) is 14.1. The van der Waals surface area contributed by atoms with Crippen LogP contribution in [0.1, 0.15) is 29.8 Å². The van der Waals surface area contributed by atoms with E-state index in [1.165, 1.54) is 25.3 Å². The number of hydrogen-bond donors (Lipinski definition) is 1. The highest BCUT2D eigenvalue weighted by molar-refractivity contribution is 9.10. The van der Waals surface area contributed by atoms with Crippen molar-refractivity contribution in [3.8, 4) is 11.3 Å². The van der Waals surface area contributed by atoms with Crippen LogP contribution in [0.5, 0.6) is 0 Å². The third-order valence-electron chi connectivity index (χ3n) is 3.66. The summed E-state index contributed by atoms with van der Waals surface area (Å²) in [5, 5.41) is 12.4. The van der Waals surface area contributed by atoms with Crippen LogP contribution >= 0.6 is 15.9 Å². The Morgan fingerprint density at radius 3 is 2.62 bits per heavy atom. The SMILES string of the molecule is O=C(O)c1cc(-c2ccc(N3CCCCC3)c(Br)c2)on1. The van der Waals surface area contributed by atoms with Crippen LogP contribution in [-0.4, -0.2) is 29.3 Å². The average Bonchev–Trinajstić information content (AvgIpc) is 2.98. The molecule has 1 aliphatic rings. The highest BCUT2D eigenvalue weighted by Gasteiger charge is 2.16. The number of aromatic carboxylic acids is 1. The second kappa shape index (κ2) is 5.89. The lowest BCUT2D eigenvalue weighted by Crippen LogP contribution is -2.29. The Morgan fingerprint density at radius 2 is 2.00 bits per heavy atom. The number of carbonyl (C=O) groups is 1. The number of hydrogen-bond acceptors (Lipinski definition) is 4. The van der Waals surface area contributed by atoms with Gasteiger partial charge in [0, 0.05) is 29.2 Å². The third-order valence-corrected chi connectivity index (χ3v) is 4.29. The largest absolute Gasteiger partial charge is 0.476 e. The number of nitrogens with zero attached hydrogens (tertiary/aromatic N) is 2. The zero-order valence-electron chi connectivity index (χ0n) is 11.4. The van der Waals surface area contributed by atoms with E-state index in [0.717, 1.165) is 28.8 Å². The van der Waals surface area contributed by atoms with Gasteiger partial charge in [-0.15, -0.1) is 0 Å². The number of carboxylic acids is 1. The smallest absolute Gasteiger partial charge is 0.358 e. The van der Waals surface area contributed by atoms with Gasteiger partial charge in [-0.1, -0.05) is 5.16 Å². The molecule has 2 aromatic rings. The fourth-order valence-corrected chi connectivity index (χ4v) is 3.19. The molecule has 3 rings (SSSR count). The maximum absolute atomic E-state index is 10.8. The summed E-state index contributed by atoms with van der Waals surface area (Å²) in [6.07, 6.45) is 3.73. The van der Waals surface area contributed by atoms with Crippen molar-refractivity contribution >= 4 is 27.6 Å². The van der Waals surface area contributed by atoms with Gasteiger partial charge in [0.1, 0.15) is 0 Å². The van der Waals surface area contributed by atoms with Crippen molar-refractivity contribution in [2.45, 2.75) is 19.3 Å². The Labute approximate surface area is 130 Å². The highest BCUT2D eigenvalue weighted by atomic mass is 79.9. The molecule has 1 aliphatic heterocycles. The average molecular weight is 351 g/mol. The van der Waals surface area contributed by atoms with Crippen LogP contribution < -0.4 is 4.90 Å². The number of piperidine rings is 1. The predicted octanol–water partition coefficient (Wildman–Crippen LogP) is 3.79. The fraction of sp³-hybridized carbons (Fsp3) is 0.333. The van der Waals surface area contributed by atoms with E-state index in [2.05, 4.69) is 26.0 Å². The first-order chi connectivity index (χ1) is 10.1. The summed E-state index contributed by atoms with van der Waals surface area (Å²) in [6, 6.07) is 7.34. The second-order valence-corrected chi connectivity index (χ2v) is 5.95. The minimum atomic E-state index is -1.09. The maximum atomic E-state index is 10.8. The summed E-state index contributed by atoms with van der Waals surface area (Å²) in [7, 11) is 0. The minimum absolute atomic E-state index is 0.0822. The Kier molecular flexibility index (Phi) is 3.96. The van der Waals surface area contributed by atoms with E-state index < -0.39 is 5.97 Å². The first-order valence-electron chi connectivity index (χ1n) is 6.90. The highest BCUT2D eigenvalue weighted by Crippen LogP contribution is 2.33. The van der Waals surface area contributed by atoms with Crippen molar-refractivity contribution in [3.05, 3.63) is 34.4 Å². The minimum Gasteiger partial charge on any atom is -0.476 e. The van der Waals surface area contributed by atoms with E-state index in [1.807, 2.05) is 18.2 Å². The van der Waals surface area contributed by atoms with E-state index in [-0.39, 0.29) is 5.69 Å². The molecule has 0 spiro atoms. The summed E-state index contributed by atoms with van der Waals surface area (Å²) < 4.78 is 6.07. The third kappa shape index (κ3) is 2.95. The molecule has 1 N–H and O–H groups in total. The van der Waals surface area contributed by atoms with Gasteiger partial charge in [-0.3, -0.25) is 0 Å². The van der Waals surface area contributed by atoms with Crippen molar-refractivity contribution in [2.75, 3.05) is 18.0 Å². The Bertz CT molecular complexity index is 663. The van der Waals surface area contributed by atoms with E-state index in [9.17, 15) is 4.79 Å². The number of anilines is 1. The van der Waals surface area contributed by atoms with Crippen LogP contribution in [0.3, 0.4) is 0 Å². The van der Waals surface area contributed by atoms with Gasteiger partial charge in [-0.2, -0.15) is 0 Å². The second-order valence-electron chi connectivity index (χ2n) is 5.10. The van der Waals surface area contributed by atoms with Gasteiger partial charge < -0.3 is 14.5 Å². The molecule has 1 aromatic carbocycles. The molecular formula is C15H15BrN2O3. The molecule has 110 valence electrons. The summed E-state index contributed by atoms with van der Waals surface area (Å²) in [6.45, 7) is 2.15.